The van der Waals surface area contributed by atoms with Gasteiger partial charge >= 0.3 is 0 Å². The van der Waals surface area contributed by atoms with Gasteiger partial charge in [0.25, 0.3) is 5.56 Å². The Kier molecular flexibility index (Phi) is 7.22. The van der Waals surface area contributed by atoms with Crippen LogP contribution in [0.3, 0.4) is 0 Å². The van der Waals surface area contributed by atoms with Crippen molar-refractivity contribution >= 4 is 23.0 Å². The van der Waals surface area contributed by atoms with Gasteiger partial charge in [-0.2, -0.15) is 0 Å². The van der Waals surface area contributed by atoms with Gasteiger partial charge in [-0.05, 0) is 68.6 Å². The van der Waals surface area contributed by atoms with Crippen LogP contribution in [0.15, 0.2) is 70.7 Å². The lowest BCUT2D eigenvalue weighted by Crippen LogP contribution is -2.51. The van der Waals surface area contributed by atoms with Gasteiger partial charge in [-0.15, -0.1) is 0 Å². The maximum absolute atomic E-state index is 15.3. The van der Waals surface area contributed by atoms with Crippen LogP contribution in [0.25, 0.3) is 11.1 Å². The van der Waals surface area contributed by atoms with Crippen molar-refractivity contribution in [2.45, 2.75) is 38.4 Å². The topological polar surface area (TPSA) is 103 Å². The molecular weight excluding hydrogens is 563 g/mol. The molecule has 1 aromatic carbocycles. The van der Waals surface area contributed by atoms with Gasteiger partial charge in [0, 0.05) is 73.7 Å². The molecule has 3 aromatic rings. The molecule has 1 aliphatic carbocycles. The molecule has 5 heterocycles. The third-order valence-corrected chi connectivity index (χ3v) is 8.89. The number of hydrogen-bond acceptors (Lipinski definition) is 9. The van der Waals surface area contributed by atoms with Crippen molar-refractivity contribution in [3.8, 4) is 16.9 Å². The van der Waals surface area contributed by atoms with E-state index < -0.39 is 5.82 Å². The first-order valence-electron chi connectivity index (χ1n) is 15.0. The highest BCUT2D eigenvalue weighted by atomic mass is 19.1. The number of anilines is 3. The Morgan fingerprint density at radius 1 is 1.09 bits per heavy atom. The summed E-state index contributed by atoms with van der Waals surface area (Å²) in [6.07, 6.45) is 8.96. The number of allylic oxidation sites excluding steroid dienone is 2. The average molecular weight is 599 g/mol. The van der Waals surface area contributed by atoms with Crippen LogP contribution < -0.4 is 20.5 Å². The van der Waals surface area contributed by atoms with Gasteiger partial charge in [0.1, 0.15) is 34.9 Å². The van der Waals surface area contributed by atoms with Crippen molar-refractivity contribution in [2.24, 2.45) is 7.05 Å². The molecule has 0 unspecified atom stereocenters. The summed E-state index contributed by atoms with van der Waals surface area (Å²) >= 11 is 0. The Labute approximate surface area is 254 Å². The largest absolute Gasteiger partial charge is 0.486 e. The van der Waals surface area contributed by atoms with Crippen LogP contribution in [-0.4, -0.2) is 69.6 Å². The number of carbonyl (C=O) groups is 1. The van der Waals surface area contributed by atoms with Crippen LogP contribution in [0.4, 0.5) is 21.6 Å². The molecule has 0 atom stereocenters. The highest BCUT2D eigenvalue weighted by Crippen LogP contribution is 2.41. The van der Waals surface area contributed by atoms with E-state index in [-0.39, 0.29) is 29.7 Å². The lowest BCUT2D eigenvalue weighted by atomic mass is 9.96. The number of pyridine rings is 2. The number of aryl methyl sites for hydroxylation is 1. The number of likely N-dealkylation sites (tertiary alicyclic amines) is 1. The maximum atomic E-state index is 15.3. The van der Waals surface area contributed by atoms with Crippen molar-refractivity contribution in [2.75, 3.05) is 43.4 Å². The normalized spacial score (nSPS) is 18.6. The van der Waals surface area contributed by atoms with E-state index in [0.29, 0.717) is 52.7 Å². The summed E-state index contributed by atoms with van der Waals surface area (Å²) in [6.45, 7) is 2.51. The molecule has 0 saturated carbocycles. The SMILES string of the molecule is CN1CC(Oc2ccc(Nc3cc(-c4cc(F)cc(N5C=C6C(=O)C7=C(CCCC7)N6CC5)c4CO)cn(C)c3=O)nc2)C1. The fraction of sp³-hybridized carbons (Fsp3) is 0.364. The first kappa shape index (κ1) is 28.3. The van der Waals surface area contributed by atoms with E-state index in [1.165, 1.54) is 16.7 Å². The van der Waals surface area contributed by atoms with Crippen LogP contribution in [-0.2, 0) is 18.4 Å². The molecule has 0 amide bonds. The number of fused-ring (bicyclic) bond motifs is 2. The minimum Gasteiger partial charge on any atom is -0.486 e. The molecule has 11 heteroatoms. The summed E-state index contributed by atoms with van der Waals surface area (Å²) in [5, 5.41) is 13.7. The van der Waals surface area contributed by atoms with Gasteiger partial charge in [0.2, 0.25) is 5.78 Å². The molecule has 1 saturated heterocycles. The summed E-state index contributed by atoms with van der Waals surface area (Å²) in [4.78, 5) is 36.9. The minimum atomic E-state index is -0.485. The number of likely N-dealkylation sites (N-methyl/N-ethyl adjacent to an activating group) is 1. The number of ketones is 1. The lowest BCUT2D eigenvalue weighted by molar-refractivity contribution is -0.112. The molecule has 0 spiro atoms. The third kappa shape index (κ3) is 5.05. The smallest absolute Gasteiger partial charge is 0.274 e. The highest BCUT2D eigenvalue weighted by molar-refractivity contribution is 6.11. The van der Waals surface area contributed by atoms with Gasteiger partial charge in [-0.1, -0.05) is 0 Å². The molecule has 2 aromatic heterocycles. The van der Waals surface area contributed by atoms with Crippen molar-refractivity contribution in [1.29, 1.82) is 0 Å². The van der Waals surface area contributed by atoms with Gasteiger partial charge in [0.15, 0.2) is 0 Å². The first-order valence-corrected chi connectivity index (χ1v) is 15.0. The van der Waals surface area contributed by atoms with E-state index in [1.807, 2.05) is 11.9 Å². The quantitative estimate of drug-likeness (QED) is 0.419. The Balaban J connectivity index is 1.19. The summed E-state index contributed by atoms with van der Waals surface area (Å²) in [6, 6.07) is 7.95. The minimum absolute atomic E-state index is 0.0456. The zero-order chi connectivity index (χ0) is 30.5. The number of benzene rings is 1. The van der Waals surface area contributed by atoms with E-state index >= 15 is 4.39 Å². The van der Waals surface area contributed by atoms with Crippen molar-refractivity contribution in [3.05, 3.63) is 87.6 Å². The van der Waals surface area contributed by atoms with Gasteiger partial charge in [-0.3, -0.25) is 14.5 Å². The number of hydrogen-bond donors (Lipinski definition) is 2. The van der Waals surface area contributed by atoms with Crippen molar-refractivity contribution < 1.29 is 19.0 Å². The fourth-order valence-corrected chi connectivity index (χ4v) is 6.67. The third-order valence-electron chi connectivity index (χ3n) is 8.89. The monoisotopic (exact) mass is 598 g/mol. The van der Waals surface area contributed by atoms with E-state index in [9.17, 15) is 14.7 Å². The van der Waals surface area contributed by atoms with Crippen LogP contribution in [0.1, 0.15) is 31.2 Å². The molecule has 4 aliphatic rings. The molecule has 3 aliphatic heterocycles. The summed E-state index contributed by atoms with van der Waals surface area (Å²) in [5.74, 6) is 0.675. The van der Waals surface area contributed by atoms with Gasteiger partial charge in [-0.25, -0.2) is 9.37 Å². The van der Waals surface area contributed by atoms with E-state index in [1.54, 1.807) is 43.8 Å². The molecule has 0 bridgehead atoms. The van der Waals surface area contributed by atoms with Crippen molar-refractivity contribution in [1.82, 2.24) is 19.4 Å². The second-order valence-corrected chi connectivity index (χ2v) is 12.0. The number of Topliss-reactive ketones (excluding diaryl/α,β-unsaturated/α-hetero) is 1. The predicted octanol–water partition coefficient (Wildman–Crippen LogP) is 3.89. The molecular formula is C33H35FN6O4. The fourth-order valence-electron chi connectivity index (χ4n) is 6.67. The number of rotatable bonds is 7. The number of aliphatic hydroxyl groups is 1. The maximum Gasteiger partial charge on any atom is 0.274 e. The summed E-state index contributed by atoms with van der Waals surface area (Å²) < 4.78 is 22.6. The number of ether oxygens (including phenoxy) is 1. The standard InChI is InChI=1S/C33H35FN6O4/c1-37-16-23(17-37)44-22-7-8-31(35-14-22)36-27-11-20(15-38(2)33(27)43)25-12-21(34)13-29(26(25)19-41)39-9-10-40-28-6-4-3-5-24(28)32(42)30(40)18-39/h7-8,11-15,18,23,41H,3-6,9-10,16-17,19H2,1-2H3,(H,35,36). The molecule has 7 rings (SSSR count). The molecule has 0 radical (unpaired) electrons. The average Bonchev–Trinajstić information content (AvgIpc) is 3.30. The van der Waals surface area contributed by atoms with E-state index in [0.717, 1.165) is 50.0 Å². The van der Waals surface area contributed by atoms with E-state index in [4.69, 9.17) is 4.74 Å². The first-order chi connectivity index (χ1) is 21.3. The van der Waals surface area contributed by atoms with E-state index in [2.05, 4.69) is 20.1 Å². The van der Waals surface area contributed by atoms with Gasteiger partial charge < -0.3 is 29.5 Å². The van der Waals surface area contributed by atoms with Crippen LogP contribution in [0, 0.1) is 5.82 Å². The van der Waals surface area contributed by atoms with Crippen LogP contribution in [0.5, 0.6) is 5.75 Å². The van der Waals surface area contributed by atoms with Crippen LogP contribution >= 0.6 is 0 Å². The molecule has 2 N–H and O–H groups in total. The predicted molar refractivity (Wildman–Crippen MR) is 165 cm³/mol. The Morgan fingerprint density at radius 2 is 1.91 bits per heavy atom. The molecule has 44 heavy (non-hydrogen) atoms. The number of aromatic nitrogens is 2. The number of aliphatic hydroxyl groups excluding tert-OH is 1. The molecule has 1 fully saturated rings. The molecule has 10 nitrogen and oxygen atoms in total. The zero-order valence-corrected chi connectivity index (χ0v) is 24.8. The second kappa shape index (κ2) is 11.2. The summed E-state index contributed by atoms with van der Waals surface area (Å²) in [7, 11) is 3.66. The lowest BCUT2D eigenvalue weighted by Gasteiger charge is -2.35. The number of carbonyl (C=O) groups excluding carboxylic acids is 1. The Bertz CT molecular complexity index is 1760. The van der Waals surface area contributed by atoms with Gasteiger partial charge in [0.05, 0.1) is 12.8 Å². The number of halogens is 1. The second-order valence-electron chi connectivity index (χ2n) is 12.0. The summed E-state index contributed by atoms with van der Waals surface area (Å²) in [5.41, 5.74) is 4.61. The Hall–Kier alpha value is -4.48. The number of nitrogens with one attached hydrogen (secondary N) is 1. The number of nitrogens with zero attached hydrogens (tertiary/aromatic N) is 5. The molecule has 228 valence electrons. The van der Waals surface area contributed by atoms with Crippen molar-refractivity contribution in [3.63, 3.8) is 0 Å². The Morgan fingerprint density at radius 3 is 2.66 bits per heavy atom. The highest BCUT2D eigenvalue weighted by Gasteiger charge is 2.38. The van der Waals surface area contributed by atoms with Crippen LogP contribution in [0.2, 0.25) is 0 Å². The zero-order valence-electron chi connectivity index (χ0n) is 24.8.